The largest absolute Gasteiger partial charge is 0.595 e. The monoisotopic (exact) mass is 336 g/mol. The predicted octanol–water partition coefficient (Wildman–Crippen LogP) is 1.27. The van der Waals surface area contributed by atoms with E-state index in [1.807, 2.05) is 6.08 Å². The summed E-state index contributed by atoms with van der Waals surface area (Å²) in [5.41, 5.74) is 5.04. The van der Waals surface area contributed by atoms with Crippen LogP contribution in [-0.4, -0.2) is 16.1 Å². The van der Waals surface area contributed by atoms with Crippen molar-refractivity contribution in [3.63, 3.8) is 0 Å². The van der Waals surface area contributed by atoms with E-state index >= 15 is 0 Å². The second-order valence-electron chi connectivity index (χ2n) is 6.40. The summed E-state index contributed by atoms with van der Waals surface area (Å²) in [7, 11) is 0. The number of allylic oxidation sites excluding steroid dienone is 2. The lowest BCUT2D eigenvalue weighted by Gasteiger charge is -2.26. The van der Waals surface area contributed by atoms with Crippen molar-refractivity contribution in [2.24, 2.45) is 16.9 Å². The molecule has 0 heterocycles. The first-order valence-electron chi connectivity index (χ1n) is 7.91. The minimum Gasteiger partial charge on any atom is -0.595 e. The zero-order chi connectivity index (χ0) is 17.9. The fourth-order valence-corrected chi connectivity index (χ4v) is 2.83. The van der Waals surface area contributed by atoms with Gasteiger partial charge in [-0.15, -0.1) is 0 Å². The first kappa shape index (κ1) is 18.5. The van der Waals surface area contributed by atoms with E-state index in [1.54, 1.807) is 0 Å². The average Bonchev–Trinajstić information content (AvgIpc) is 2.52. The Kier molecular flexibility index (Phi) is 6.05. The average molecular weight is 336 g/mol. The molecule has 0 bridgehead atoms. The lowest BCUT2D eigenvalue weighted by molar-refractivity contribution is -0.996. The van der Waals surface area contributed by atoms with Crippen molar-refractivity contribution in [2.75, 3.05) is 5.43 Å². The van der Waals surface area contributed by atoms with Gasteiger partial charge in [0.1, 0.15) is 5.69 Å². The Morgan fingerprint density at radius 2 is 1.96 bits per heavy atom. The van der Waals surface area contributed by atoms with Gasteiger partial charge in [-0.2, -0.15) is 15.6 Å². The van der Waals surface area contributed by atoms with Gasteiger partial charge in [-0.1, -0.05) is 19.4 Å². The standard InChI is InChI=1S/C16H24N4O4/c1-10(2)13-6-4-11(3)8-15(13)18-17-14-7-5-12(19(21)22)9-16(14)20(23)24/h5,7-10,13,17,19-21,23H,4,6H2,1-3H3. The van der Waals surface area contributed by atoms with E-state index in [0.29, 0.717) is 11.8 Å². The zero-order valence-corrected chi connectivity index (χ0v) is 14.0. The van der Waals surface area contributed by atoms with E-state index in [1.165, 1.54) is 17.7 Å². The third-order valence-electron chi connectivity index (χ3n) is 4.23. The maximum atomic E-state index is 11.4. The van der Waals surface area contributed by atoms with Gasteiger partial charge < -0.3 is 10.4 Å². The molecule has 3 atom stereocenters. The molecular formula is C16H24N4O4. The van der Waals surface area contributed by atoms with Gasteiger partial charge in [0.15, 0.2) is 11.4 Å². The summed E-state index contributed by atoms with van der Waals surface area (Å²) >= 11 is 0. The third-order valence-corrected chi connectivity index (χ3v) is 4.23. The van der Waals surface area contributed by atoms with Crippen LogP contribution in [0.3, 0.4) is 0 Å². The molecule has 0 radical (unpaired) electrons. The fraction of sp³-hybridized carbons (Fsp3) is 0.438. The van der Waals surface area contributed by atoms with Crippen LogP contribution < -0.4 is 15.9 Å². The van der Waals surface area contributed by atoms with Crippen LogP contribution in [-0.2, 0) is 0 Å². The summed E-state index contributed by atoms with van der Waals surface area (Å²) in [5.74, 6) is 0.746. The minimum atomic E-state index is -1.20. The number of hydrazone groups is 1. The van der Waals surface area contributed by atoms with Crippen molar-refractivity contribution in [1.29, 1.82) is 0 Å². The van der Waals surface area contributed by atoms with Crippen molar-refractivity contribution < 1.29 is 20.9 Å². The molecule has 5 N–H and O–H groups in total. The second-order valence-corrected chi connectivity index (χ2v) is 6.40. The first-order valence-corrected chi connectivity index (χ1v) is 7.91. The van der Waals surface area contributed by atoms with Gasteiger partial charge >= 0.3 is 0 Å². The molecule has 1 aromatic carbocycles. The van der Waals surface area contributed by atoms with E-state index in [-0.39, 0.29) is 17.1 Å². The van der Waals surface area contributed by atoms with Gasteiger partial charge in [-0.05, 0) is 37.8 Å². The summed E-state index contributed by atoms with van der Waals surface area (Å²) in [4.78, 5) is 0. The Labute approximate surface area is 140 Å². The Bertz CT molecular complexity index is 641. The normalized spacial score (nSPS) is 22.4. The van der Waals surface area contributed by atoms with Crippen molar-refractivity contribution in [2.45, 2.75) is 33.6 Å². The highest BCUT2D eigenvalue weighted by Crippen LogP contribution is 2.28. The van der Waals surface area contributed by atoms with Gasteiger partial charge in [0, 0.05) is 12.0 Å². The third kappa shape index (κ3) is 4.38. The van der Waals surface area contributed by atoms with Crippen LogP contribution in [0.15, 0.2) is 34.9 Å². The van der Waals surface area contributed by atoms with Crippen LogP contribution in [0, 0.1) is 22.3 Å². The lowest BCUT2D eigenvalue weighted by Crippen LogP contribution is -3.00. The van der Waals surface area contributed by atoms with Crippen LogP contribution >= 0.6 is 0 Å². The van der Waals surface area contributed by atoms with Gasteiger partial charge in [-0.25, -0.2) is 10.4 Å². The van der Waals surface area contributed by atoms with Crippen LogP contribution in [0.4, 0.5) is 17.1 Å². The van der Waals surface area contributed by atoms with Crippen LogP contribution in [0.5, 0.6) is 0 Å². The lowest BCUT2D eigenvalue weighted by atomic mass is 9.81. The number of rotatable bonds is 5. The maximum absolute atomic E-state index is 11.4. The summed E-state index contributed by atoms with van der Waals surface area (Å²) in [5, 5.41) is 42.7. The maximum Gasteiger partial charge on any atom is 0.195 e. The van der Waals surface area contributed by atoms with Crippen LogP contribution in [0.1, 0.15) is 33.6 Å². The van der Waals surface area contributed by atoms with Crippen molar-refractivity contribution in [3.8, 4) is 0 Å². The quantitative estimate of drug-likeness (QED) is 0.519. The molecule has 0 amide bonds. The number of nitrogens with zero attached hydrogens (tertiary/aromatic N) is 1. The van der Waals surface area contributed by atoms with E-state index in [0.717, 1.165) is 24.6 Å². The van der Waals surface area contributed by atoms with Gasteiger partial charge in [0.05, 0.1) is 11.8 Å². The number of anilines is 1. The molecule has 3 unspecified atom stereocenters. The molecule has 0 aliphatic heterocycles. The minimum absolute atomic E-state index is 0.0703. The number of benzene rings is 1. The highest BCUT2D eigenvalue weighted by atomic mass is 16.8. The second kappa shape index (κ2) is 7.84. The van der Waals surface area contributed by atoms with Gasteiger partial charge in [-0.3, -0.25) is 5.43 Å². The van der Waals surface area contributed by atoms with E-state index in [2.05, 4.69) is 31.3 Å². The molecule has 0 aromatic heterocycles. The van der Waals surface area contributed by atoms with E-state index in [9.17, 15) is 15.6 Å². The molecular weight excluding hydrogens is 312 g/mol. The van der Waals surface area contributed by atoms with Gasteiger partial charge in [0.25, 0.3) is 0 Å². The predicted molar refractivity (Wildman–Crippen MR) is 90.4 cm³/mol. The number of hydrogen-bond acceptors (Lipinski definition) is 6. The van der Waals surface area contributed by atoms with E-state index in [4.69, 9.17) is 5.21 Å². The Morgan fingerprint density at radius 3 is 2.54 bits per heavy atom. The Hall–Kier alpha value is -1.81. The molecule has 8 nitrogen and oxygen atoms in total. The topological polar surface area (TPSA) is 120 Å². The molecule has 24 heavy (non-hydrogen) atoms. The highest BCUT2D eigenvalue weighted by molar-refractivity contribution is 5.98. The smallest absolute Gasteiger partial charge is 0.195 e. The SMILES string of the molecule is CC1=CC(=NNc2ccc([NH+]([O-])O)cc2[NH+]([O-])O)C(C(C)C)CC1. The highest BCUT2D eigenvalue weighted by Gasteiger charge is 2.23. The molecule has 0 saturated heterocycles. The number of hydrogen-bond donors (Lipinski definition) is 5. The van der Waals surface area contributed by atoms with Gasteiger partial charge in [0.2, 0.25) is 0 Å². The molecule has 0 saturated carbocycles. The van der Waals surface area contributed by atoms with E-state index < -0.39 is 10.5 Å². The van der Waals surface area contributed by atoms with Crippen LogP contribution in [0.2, 0.25) is 0 Å². The number of nitrogens with one attached hydrogen (secondary N) is 3. The first-order chi connectivity index (χ1) is 11.3. The summed E-state index contributed by atoms with van der Waals surface area (Å²) in [6.45, 7) is 6.33. The Balaban J connectivity index is 2.31. The van der Waals surface area contributed by atoms with Crippen LogP contribution in [0.25, 0.3) is 0 Å². The molecule has 2 rings (SSSR count). The summed E-state index contributed by atoms with van der Waals surface area (Å²) in [6, 6.07) is 3.93. The molecule has 0 fully saturated rings. The molecule has 132 valence electrons. The Morgan fingerprint density at radius 1 is 1.25 bits per heavy atom. The summed E-state index contributed by atoms with van der Waals surface area (Å²) < 4.78 is 0. The molecule has 1 aromatic rings. The summed E-state index contributed by atoms with van der Waals surface area (Å²) in [6.07, 6.45) is 4.09. The van der Waals surface area contributed by atoms with Crippen molar-refractivity contribution >= 4 is 22.8 Å². The number of quaternary nitrogens is 2. The zero-order valence-electron chi connectivity index (χ0n) is 14.0. The van der Waals surface area contributed by atoms with Crippen molar-refractivity contribution in [3.05, 3.63) is 40.3 Å². The molecule has 8 heteroatoms. The molecule has 1 aliphatic carbocycles. The fourth-order valence-electron chi connectivity index (χ4n) is 2.83. The molecule has 0 spiro atoms. The molecule has 1 aliphatic rings. The van der Waals surface area contributed by atoms with Crippen molar-refractivity contribution in [1.82, 2.24) is 0 Å².